The van der Waals surface area contributed by atoms with Crippen molar-refractivity contribution in [3.8, 4) is 0 Å². The standard InChI is InChI=1S/C16H21BrN2O3.ClH/c1-22-16(21)15(10-5-7-12(17)8-6-10)19-14(20)9-11-3-2-4-13(11)18;/h5-8,11,13,15H,2-4,9,18H2,1H3,(H,19,20);1H/t11-,13+,15?;/m0./s1. The van der Waals surface area contributed by atoms with Crippen molar-refractivity contribution in [2.75, 3.05) is 7.11 Å². The summed E-state index contributed by atoms with van der Waals surface area (Å²) < 4.78 is 5.70. The second-order valence-corrected chi connectivity index (χ2v) is 6.55. The van der Waals surface area contributed by atoms with Gasteiger partial charge in [0.05, 0.1) is 7.11 Å². The molecule has 2 rings (SSSR count). The summed E-state index contributed by atoms with van der Waals surface area (Å²) >= 11 is 3.35. The molecule has 0 saturated heterocycles. The van der Waals surface area contributed by atoms with Crippen molar-refractivity contribution in [1.29, 1.82) is 0 Å². The molecule has 1 amide bonds. The summed E-state index contributed by atoms with van der Waals surface area (Å²) in [7, 11) is 1.31. The number of carbonyl (C=O) groups is 2. The zero-order valence-electron chi connectivity index (χ0n) is 13.0. The van der Waals surface area contributed by atoms with Crippen LogP contribution in [0.15, 0.2) is 28.7 Å². The van der Waals surface area contributed by atoms with E-state index in [-0.39, 0.29) is 30.3 Å². The van der Waals surface area contributed by atoms with Crippen LogP contribution in [0, 0.1) is 5.92 Å². The molecule has 0 radical (unpaired) electrons. The van der Waals surface area contributed by atoms with Crippen molar-refractivity contribution >= 4 is 40.2 Å². The van der Waals surface area contributed by atoms with Gasteiger partial charge in [-0.3, -0.25) is 4.79 Å². The van der Waals surface area contributed by atoms with Crippen molar-refractivity contribution in [1.82, 2.24) is 5.32 Å². The van der Waals surface area contributed by atoms with Gasteiger partial charge in [0.25, 0.3) is 0 Å². The number of esters is 1. The zero-order chi connectivity index (χ0) is 16.1. The van der Waals surface area contributed by atoms with Gasteiger partial charge in [0, 0.05) is 16.9 Å². The Labute approximate surface area is 150 Å². The van der Waals surface area contributed by atoms with Crippen LogP contribution in [0.3, 0.4) is 0 Å². The lowest BCUT2D eigenvalue weighted by atomic mass is 9.99. The number of carbonyl (C=O) groups excluding carboxylic acids is 2. The lowest BCUT2D eigenvalue weighted by Gasteiger charge is -2.19. The van der Waals surface area contributed by atoms with Gasteiger partial charge < -0.3 is 15.8 Å². The smallest absolute Gasteiger partial charge is 0.333 e. The molecule has 1 aliphatic carbocycles. The molecule has 0 aromatic heterocycles. The van der Waals surface area contributed by atoms with Crippen LogP contribution < -0.4 is 11.1 Å². The highest BCUT2D eigenvalue weighted by molar-refractivity contribution is 9.10. The van der Waals surface area contributed by atoms with Crippen LogP contribution in [0.25, 0.3) is 0 Å². The maximum Gasteiger partial charge on any atom is 0.333 e. The maximum absolute atomic E-state index is 12.2. The van der Waals surface area contributed by atoms with Crippen LogP contribution in [-0.4, -0.2) is 25.0 Å². The molecule has 3 N–H and O–H groups in total. The number of nitrogens with one attached hydrogen (secondary N) is 1. The third-order valence-corrected chi connectivity index (χ3v) is 4.64. The highest BCUT2D eigenvalue weighted by Gasteiger charge is 2.29. The first-order chi connectivity index (χ1) is 10.5. The van der Waals surface area contributed by atoms with Gasteiger partial charge in [-0.15, -0.1) is 12.4 Å². The van der Waals surface area contributed by atoms with Crippen molar-refractivity contribution in [2.24, 2.45) is 11.7 Å². The topological polar surface area (TPSA) is 81.4 Å². The Morgan fingerprint density at radius 2 is 2.00 bits per heavy atom. The third kappa shape index (κ3) is 5.48. The van der Waals surface area contributed by atoms with Gasteiger partial charge in [-0.05, 0) is 36.5 Å². The Hall–Kier alpha value is -1.11. The molecule has 128 valence electrons. The monoisotopic (exact) mass is 404 g/mol. The van der Waals surface area contributed by atoms with Gasteiger partial charge in [-0.1, -0.05) is 34.5 Å². The van der Waals surface area contributed by atoms with E-state index >= 15 is 0 Å². The highest BCUT2D eigenvalue weighted by atomic mass is 79.9. The number of amides is 1. The first-order valence-corrected chi connectivity index (χ1v) is 8.18. The Kier molecular flexibility index (Phi) is 8.02. The Morgan fingerprint density at radius 3 is 2.52 bits per heavy atom. The lowest BCUT2D eigenvalue weighted by Crippen LogP contribution is -2.37. The predicted octanol–water partition coefficient (Wildman–Crippen LogP) is 2.72. The fourth-order valence-electron chi connectivity index (χ4n) is 2.83. The molecule has 0 spiro atoms. The van der Waals surface area contributed by atoms with E-state index in [1.54, 1.807) is 12.1 Å². The fraction of sp³-hybridized carbons (Fsp3) is 0.500. The van der Waals surface area contributed by atoms with Crippen LogP contribution in [0.1, 0.15) is 37.3 Å². The van der Waals surface area contributed by atoms with Gasteiger partial charge >= 0.3 is 5.97 Å². The molecule has 1 saturated carbocycles. The second kappa shape index (κ2) is 9.25. The molecule has 7 heteroatoms. The number of hydrogen-bond donors (Lipinski definition) is 2. The molecule has 1 aromatic carbocycles. The fourth-order valence-corrected chi connectivity index (χ4v) is 3.09. The van der Waals surface area contributed by atoms with E-state index in [2.05, 4.69) is 21.2 Å². The van der Waals surface area contributed by atoms with E-state index in [0.717, 1.165) is 23.7 Å². The minimum absolute atomic E-state index is 0. The van der Waals surface area contributed by atoms with Crippen LogP contribution in [0.2, 0.25) is 0 Å². The quantitative estimate of drug-likeness (QED) is 0.738. The Bertz CT molecular complexity index is 539. The summed E-state index contributed by atoms with van der Waals surface area (Å²) in [6.45, 7) is 0. The molecular formula is C16H22BrClN2O3. The molecule has 3 atom stereocenters. The lowest BCUT2D eigenvalue weighted by molar-refractivity contribution is -0.145. The van der Waals surface area contributed by atoms with Crippen molar-refractivity contribution in [3.63, 3.8) is 0 Å². The molecule has 0 aliphatic heterocycles. The van der Waals surface area contributed by atoms with Crippen molar-refractivity contribution in [3.05, 3.63) is 34.3 Å². The van der Waals surface area contributed by atoms with Gasteiger partial charge in [0.1, 0.15) is 0 Å². The SMILES string of the molecule is COC(=O)C(NC(=O)C[C@@H]1CCC[C@H]1N)c1ccc(Br)cc1.Cl. The first kappa shape index (κ1) is 19.9. The summed E-state index contributed by atoms with van der Waals surface area (Å²) in [6.07, 6.45) is 3.35. The minimum atomic E-state index is -0.789. The van der Waals surface area contributed by atoms with E-state index < -0.39 is 12.0 Å². The van der Waals surface area contributed by atoms with E-state index in [4.69, 9.17) is 10.5 Å². The highest BCUT2D eigenvalue weighted by Crippen LogP contribution is 2.27. The summed E-state index contributed by atoms with van der Waals surface area (Å²) in [5.41, 5.74) is 6.69. The van der Waals surface area contributed by atoms with Gasteiger partial charge in [0.2, 0.25) is 5.91 Å². The molecule has 5 nitrogen and oxygen atoms in total. The number of methoxy groups -OCH3 is 1. The summed E-state index contributed by atoms with van der Waals surface area (Å²) in [6, 6.07) is 6.51. The Morgan fingerprint density at radius 1 is 1.35 bits per heavy atom. The number of hydrogen-bond acceptors (Lipinski definition) is 4. The number of benzene rings is 1. The minimum Gasteiger partial charge on any atom is -0.467 e. The van der Waals surface area contributed by atoms with Crippen molar-refractivity contribution < 1.29 is 14.3 Å². The number of nitrogens with two attached hydrogens (primary N) is 1. The Balaban J connectivity index is 0.00000264. The molecule has 23 heavy (non-hydrogen) atoms. The van der Waals surface area contributed by atoms with Crippen LogP contribution in [-0.2, 0) is 14.3 Å². The molecule has 0 heterocycles. The summed E-state index contributed by atoms with van der Waals surface area (Å²) in [5, 5.41) is 2.77. The normalized spacial score (nSPS) is 21.2. The average molecular weight is 406 g/mol. The van der Waals surface area contributed by atoms with E-state index in [1.807, 2.05) is 12.1 Å². The van der Waals surface area contributed by atoms with Crippen LogP contribution in [0.5, 0.6) is 0 Å². The zero-order valence-corrected chi connectivity index (χ0v) is 15.4. The van der Waals surface area contributed by atoms with Gasteiger partial charge in [0.15, 0.2) is 6.04 Å². The summed E-state index contributed by atoms with van der Waals surface area (Å²) in [4.78, 5) is 24.2. The van der Waals surface area contributed by atoms with Crippen LogP contribution >= 0.6 is 28.3 Å². The third-order valence-electron chi connectivity index (χ3n) is 4.11. The number of halogens is 2. The van der Waals surface area contributed by atoms with E-state index in [0.29, 0.717) is 12.0 Å². The van der Waals surface area contributed by atoms with Gasteiger partial charge in [-0.2, -0.15) is 0 Å². The van der Waals surface area contributed by atoms with Crippen LogP contribution in [0.4, 0.5) is 0 Å². The predicted molar refractivity (Wildman–Crippen MR) is 94.2 cm³/mol. The molecular weight excluding hydrogens is 384 g/mol. The average Bonchev–Trinajstić information content (AvgIpc) is 2.90. The first-order valence-electron chi connectivity index (χ1n) is 7.39. The molecule has 1 aromatic rings. The molecule has 1 aliphatic rings. The van der Waals surface area contributed by atoms with E-state index in [1.165, 1.54) is 7.11 Å². The van der Waals surface area contributed by atoms with Gasteiger partial charge in [-0.25, -0.2) is 4.79 Å². The largest absolute Gasteiger partial charge is 0.467 e. The van der Waals surface area contributed by atoms with Crippen molar-refractivity contribution in [2.45, 2.75) is 37.8 Å². The second-order valence-electron chi connectivity index (χ2n) is 5.63. The maximum atomic E-state index is 12.2. The molecule has 1 unspecified atom stereocenters. The molecule has 0 bridgehead atoms. The number of ether oxygens (including phenoxy) is 1. The molecule has 1 fully saturated rings. The van der Waals surface area contributed by atoms with E-state index in [9.17, 15) is 9.59 Å². The summed E-state index contributed by atoms with van der Waals surface area (Å²) in [5.74, 6) is -0.449. The number of rotatable bonds is 5.